The van der Waals surface area contributed by atoms with Gasteiger partial charge in [-0.15, -0.1) is 0 Å². The van der Waals surface area contributed by atoms with Gasteiger partial charge in [-0.25, -0.2) is 8.42 Å². The third kappa shape index (κ3) is 6.69. The Morgan fingerprint density at radius 2 is 1.63 bits per heavy atom. The Morgan fingerprint density at radius 3 is 2.17 bits per heavy atom. The number of hydrogen-bond donors (Lipinski definition) is 2. The lowest BCUT2D eigenvalue weighted by Gasteiger charge is -2.19. The van der Waals surface area contributed by atoms with Crippen LogP contribution in [0, 0.1) is 5.92 Å². The summed E-state index contributed by atoms with van der Waals surface area (Å²) in [5.41, 5.74) is 1.24. The molecule has 0 bridgehead atoms. The Kier molecular flexibility index (Phi) is 8.16. The molecular weight excluding hydrogens is 428 g/mol. The van der Waals surface area contributed by atoms with Crippen LogP contribution >= 0.6 is 11.6 Å². The van der Waals surface area contributed by atoms with Gasteiger partial charge in [-0.1, -0.05) is 37.6 Å². The van der Waals surface area contributed by atoms with E-state index in [1.807, 2.05) is 0 Å². The van der Waals surface area contributed by atoms with Crippen molar-refractivity contribution in [3.63, 3.8) is 0 Å². The number of carbonyl (C=O) groups excluding carboxylic acids is 2. The summed E-state index contributed by atoms with van der Waals surface area (Å²) in [6, 6.07) is 11.6. The van der Waals surface area contributed by atoms with E-state index in [0.717, 1.165) is 5.56 Å². The first-order valence-electron chi connectivity index (χ1n) is 9.07. The first-order valence-corrected chi connectivity index (χ1v) is 10.9. The van der Waals surface area contributed by atoms with Crippen molar-refractivity contribution in [3.05, 3.63) is 65.2 Å². The summed E-state index contributed by atoms with van der Waals surface area (Å²) in [5.74, 6) is -1.33. The van der Waals surface area contributed by atoms with Crippen molar-refractivity contribution in [2.45, 2.75) is 24.8 Å². The lowest BCUT2D eigenvalue weighted by atomic mass is 10.1. The fourth-order valence-electron chi connectivity index (χ4n) is 2.47. The van der Waals surface area contributed by atoms with Gasteiger partial charge in [0.2, 0.25) is 15.9 Å². The smallest absolute Gasteiger partial charge is 0.324 e. The Balaban J connectivity index is 2.05. The van der Waals surface area contributed by atoms with Crippen molar-refractivity contribution in [1.29, 1.82) is 0 Å². The first kappa shape index (κ1) is 23.6. The molecule has 0 aliphatic rings. The molecule has 2 aromatic rings. The maximum atomic E-state index is 12.6. The average Bonchev–Trinajstić information content (AvgIpc) is 2.71. The summed E-state index contributed by atoms with van der Waals surface area (Å²) in [5, 5.41) is 3.25. The lowest BCUT2D eigenvalue weighted by molar-refractivity contribution is -0.143. The summed E-state index contributed by atoms with van der Waals surface area (Å²) >= 11 is 5.82. The molecule has 0 heterocycles. The molecule has 1 atom stereocenters. The lowest BCUT2D eigenvalue weighted by Crippen LogP contribution is -2.44. The van der Waals surface area contributed by atoms with Gasteiger partial charge in [0, 0.05) is 16.8 Å². The topological polar surface area (TPSA) is 102 Å². The maximum Gasteiger partial charge on any atom is 0.324 e. The van der Waals surface area contributed by atoms with Crippen LogP contribution in [0.3, 0.4) is 0 Å². The van der Waals surface area contributed by atoms with E-state index in [1.54, 1.807) is 44.2 Å². The normalized spacial score (nSPS) is 12.7. The van der Waals surface area contributed by atoms with E-state index in [0.29, 0.717) is 10.7 Å². The molecule has 2 N–H and O–H groups in total. The van der Waals surface area contributed by atoms with Crippen LogP contribution in [-0.4, -0.2) is 33.4 Å². The number of methoxy groups -OCH3 is 1. The molecule has 160 valence electrons. The number of hydrogen-bond acceptors (Lipinski definition) is 5. The molecule has 0 aliphatic carbocycles. The fraction of sp³-hybridized carbons (Fsp3) is 0.238. The van der Waals surface area contributed by atoms with Crippen LogP contribution in [0.4, 0.5) is 5.69 Å². The van der Waals surface area contributed by atoms with Gasteiger partial charge in [-0.2, -0.15) is 4.72 Å². The highest BCUT2D eigenvalue weighted by Gasteiger charge is 2.29. The van der Waals surface area contributed by atoms with Crippen LogP contribution in [0.1, 0.15) is 19.4 Å². The van der Waals surface area contributed by atoms with Crippen molar-refractivity contribution in [2.24, 2.45) is 5.92 Å². The highest BCUT2D eigenvalue weighted by molar-refractivity contribution is 7.89. The van der Waals surface area contributed by atoms with Crippen molar-refractivity contribution in [2.75, 3.05) is 12.4 Å². The number of anilines is 1. The maximum absolute atomic E-state index is 12.6. The number of carbonyl (C=O) groups is 2. The molecule has 0 saturated heterocycles. The number of rotatable bonds is 8. The summed E-state index contributed by atoms with van der Waals surface area (Å²) in [7, 11) is -2.74. The second kappa shape index (κ2) is 10.4. The molecule has 0 saturated carbocycles. The molecule has 0 aromatic heterocycles. The first-order chi connectivity index (χ1) is 14.1. The molecule has 1 amide bonds. The number of ether oxygens (including phenoxy) is 1. The van der Waals surface area contributed by atoms with Crippen LogP contribution in [0.25, 0.3) is 6.08 Å². The summed E-state index contributed by atoms with van der Waals surface area (Å²) in [6.07, 6.45) is 2.99. The molecule has 2 rings (SSSR count). The molecule has 0 fully saturated rings. The van der Waals surface area contributed by atoms with Gasteiger partial charge < -0.3 is 10.1 Å². The van der Waals surface area contributed by atoms with Gasteiger partial charge in [0.25, 0.3) is 0 Å². The molecule has 0 aliphatic heterocycles. The van der Waals surface area contributed by atoms with Crippen LogP contribution in [-0.2, 0) is 24.3 Å². The Morgan fingerprint density at radius 1 is 1.03 bits per heavy atom. The monoisotopic (exact) mass is 450 g/mol. The van der Waals surface area contributed by atoms with Crippen molar-refractivity contribution < 1.29 is 22.7 Å². The van der Waals surface area contributed by atoms with E-state index in [4.69, 9.17) is 11.6 Å². The predicted octanol–water partition coefficient (Wildman–Crippen LogP) is 3.47. The quantitative estimate of drug-likeness (QED) is 0.473. The SMILES string of the molecule is COC(=O)[C@@H](NS(=O)(=O)c1ccc(NC(=O)/C=C/c2ccc(Cl)cc2)cc1)C(C)C. The summed E-state index contributed by atoms with van der Waals surface area (Å²) in [4.78, 5) is 23.8. The molecule has 0 radical (unpaired) electrons. The molecule has 0 unspecified atom stereocenters. The molecule has 9 heteroatoms. The minimum atomic E-state index is -3.94. The number of benzene rings is 2. The molecule has 30 heavy (non-hydrogen) atoms. The second-order valence-corrected chi connectivity index (χ2v) is 8.92. The average molecular weight is 451 g/mol. The predicted molar refractivity (Wildman–Crippen MR) is 117 cm³/mol. The third-order valence-corrected chi connectivity index (χ3v) is 5.84. The number of sulfonamides is 1. The van der Waals surface area contributed by atoms with Gasteiger partial charge >= 0.3 is 5.97 Å². The van der Waals surface area contributed by atoms with Crippen LogP contribution < -0.4 is 10.0 Å². The van der Waals surface area contributed by atoms with Crippen LogP contribution in [0.5, 0.6) is 0 Å². The van der Waals surface area contributed by atoms with E-state index in [2.05, 4.69) is 14.8 Å². The zero-order valence-electron chi connectivity index (χ0n) is 16.8. The summed E-state index contributed by atoms with van der Waals surface area (Å²) in [6.45, 7) is 3.42. The van der Waals surface area contributed by atoms with E-state index >= 15 is 0 Å². The van der Waals surface area contributed by atoms with Crippen LogP contribution in [0.15, 0.2) is 59.5 Å². The molecule has 0 spiro atoms. The zero-order valence-corrected chi connectivity index (χ0v) is 18.3. The number of halogens is 1. The van der Waals surface area contributed by atoms with Crippen molar-refractivity contribution >= 4 is 45.3 Å². The van der Waals surface area contributed by atoms with Gasteiger partial charge in [-0.3, -0.25) is 9.59 Å². The van der Waals surface area contributed by atoms with E-state index < -0.39 is 22.0 Å². The number of nitrogens with one attached hydrogen (secondary N) is 2. The highest BCUT2D eigenvalue weighted by Crippen LogP contribution is 2.16. The molecule has 2 aromatic carbocycles. The van der Waals surface area contributed by atoms with Crippen molar-refractivity contribution in [1.82, 2.24) is 4.72 Å². The summed E-state index contributed by atoms with van der Waals surface area (Å²) < 4.78 is 32.1. The van der Waals surface area contributed by atoms with Gasteiger partial charge in [0.05, 0.1) is 12.0 Å². The molecular formula is C21H23ClN2O5S. The van der Waals surface area contributed by atoms with Crippen molar-refractivity contribution in [3.8, 4) is 0 Å². The Labute approximate surface area is 181 Å². The standard InChI is InChI=1S/C21H23ClN2O5S/c1-14(2)20(21(26)29-3)24-30(27,28)18-11-9-17(10-12-18)23-19(25)13-6-15-4-7-16(22)8-5-15/h4-14,20,24H,1-3H3,(H,23,25)/b13-6+/t20-/m0/s1. The van der Waals surface area contributed by atoms with E-state index in [1.165, 1.54) is 37.5 Å². The number of amides is 1. The fourth-order valence-corrected chi connectivity index (χ4v) is 3.92. The minimum Gasteiger partial charge on any atom is -0.468 e. The largest absolute Gasteiger partial charge is 0.468 e. The van der Waals surface area contributed by atoms with E-state index in [-0.39, 0.29) is 16.7 Å². The third-order valence-electron chi connectivity index (χ3n) is 4.13. The zero-order chi connectivity index (χ0) is 22.3. The van der Waals surface area contributed by atoms with Crippen LogP contribution in [0.2, 0.25) is 5.02 Å². The molecule has 7 nitrogen and oxygen atoms in total. The van der Waals surface area contributed by atoms with Gasteiger partial charge in [0.1, 0.15) is 6.04 Å². The Hall–Kier alpha value is -2.68. The second-order valence-electron chi connectivity index (χ2n) is 6.76. The number of esters is 1. The van der Waals surface area contributed by atoms with Gasteiger partial charge in [0.15, 0.2) is 0 Å². The van der Waals surface area contributed by atoms with E-state index in [9.17, 15) is 18.0 Å². The highest BCUT2D eigenvalue weighted by atomic mass is 35.5. The van der Waals surface area contributed by atoms with Gasteiger partial charge in [-0.05, 0) is 54.0 Å². The minimum absolute atomic E-state index is 0.0354. The Bertz CT molecular complexity index is 1020.